The van der Waals surface area contributed by atoms with E-state index in [0.717, 1.165) is 17.5 Å². The van der Waals surface area contributed by atoms with E-state index < -0.39 is 24.0 Å². The Morgan fingerprint density at radius 3 is 2.60 bits per heavy atom. The van der Waals surface area contributed by atoms with Crippen LogP contribution in [0.4, 0.5) is 24.7 Å². The summed E-state index contributed by atoms with van der Waals surface area (Å²) in [4.78, 5) is 12.7. The largest absolute Gasteiger partial charge is 0.493 e. The minimum Gasteiger partial charge on any atom is -0.493 e. The van der Waals surface area contributed by atoms with Crippen molar-refractivity contribution in [1.29, 1.82) is 0 Å². The molecule has 0 spiro atoms. The third-order valence-corrected chi connectivity index (χ3v) is 5.77. The molecule has 1 aliphatic heterocycles. The summed E-state index contributed by atoms with van der Waals surface area (Å²) in [6.45, 7) is 0. The maximum Gasteiger partial charge on any atom is 0.411 e. The Labute approximate surface area is 171 Å². The molecule has 1 aromatic carbocycles. The molecule has 2 N–H and O–H groups in total. The van der Waals surface area contributed by atoms with Gasteiger partial charge in [0, 0.05) is 29.8 Å². The number of ether oxygens (including phenoxy) is 2. The summed E-state index contributed by atoms with van der Waals surface area (Å²) in [5.74, 6) is -0.0595. The van der Waals surface area contributed by atoms with Gasteiger partial charge in [0.1, 0.15) is 5.82 Å². The summed E-state index contributed by atoms with van der Waals surface area (Å²) >= 11 is 0. The summed E-state index contributed by atoms with van der Waals surface area (Å²) in [5, 5.41) is 9.84. The average Bonchev–Trinajstić information content (AvgIpc) is 3.14. The van der Waals surface area contributed by atoms with Crippen LogP contribution in [0.5, 0.6) is 11.5 Å². The molecule has 1 saturated carbocycles. The molecule has 1 fully saturated rings. The van der Waals surface area contributed by atoms with Crippen molar-refractivity contribution in [3.8, 4) is 11.5 Å². The number of aromatic nitrogens is 2. The smallest absolute Gasteiger partial charge is 0.411 e. The number of nitrogens with zero attached hydrogens (tertiary/aromatic N) is 2. The third-order valence-electron chi connectivity index (χ3n) is 5.77. The first-order valence-corrected chi connectivity index (χ1v) is 9.78. The number of methoxy groups -OCH3 is 2. The highest BCUT2D eigenvalue weighted by molar-refractivity contribution is 6.03. The number of anilines is 2. The van der Waals surface area contributed by atoms with E-state index in [4.69, 9.17) is 9.47 Å². The van der Waals surface area contributed by atoms with Gasteiger partial charge >= 0.3 is 6.18 Å². The quantitative estimate of drug-likeness (QED) is 0.768. The highest BCUT2D eigenvalue weighted by Gasteiger charge is 2.52. The van der Waals surface area contributed by atoms with Crippen LogP contribution >= 0.6 is 0 Å². The lowest BCUT2D eigenvalue weighted by molar-refractivity contribution is -0.189. The number of rotatable bonds is 4. The summed E-state index contributed by atoms with van der Waals surface area (Å²) in [6, 6.07) is 4.18. The average molecular weight is 424 g/mol. The van der Waals surface area contributed by atoms with Gasteiger partial charge in [-0.1, -0.05) is 12.8 Å². The molecule has 2 aliphatic rings. The van der Waals surface area contributed by atoms with E-state index in [1.807, 2.05) is 0 Å². The second kappa shape index (κ2) is 7.73. The van der Waals surface area contributed by atoms with Crippen molar-refractivity contribution in [3.05, 3.63) is 30.0 Å². The van der Waals surface area contributed by atoms with E-state index in [9.17, 15) is 18.0 Å². The van der Waals surface area contributed by atoms with Crippen LogP contribution in [0.3, 0.4) is 0 Å². The fourth-order valence-corrected chi connectivity index (χ4v) is 4.40. The van der Waals surface area contributed by atoms with Gasteiger partial charge in [-0.05, 0) is 25.0 Å². The second-order valence-electron chi connectivity index (χ2n) is 7.57. The van der Waals surface area contributed by atoms with E-state index in [1.54, 1.807) is 18.2 Å². The maximum atomic E-state index is 13.9. The number of hydrogen-bond acceptors (Lipinski definition) is 5. The molecule has 0 unspecified atom stereocenters. The highest BCUT2D eigenvalue weighted by Crippen LogP contribution is 2.47. The van der Waals surface area contributed by atoms with Gasteiger partial charge < -0.3 is 20.1 Å². The zero-order valence-electron chi connectivity index (χ0n) is 16.6. The normalized spacial score (nSPS) is 23.0. The molecule has 2 heterocycles. The molecule has 30 heavy (non-hydrogen) atoms. The SMILES string of the molecule is COc1ccc(NC(=O)c2cc3n(n2)[C@H](C(F)(F)F)[C@@H]2CCCC[C@@H]2N3)cc1OC. The van der Waals surface area contributed by atoms with Crippen molar-refractivity contribution in [2.45, 2.75) is 43.9 Å². The molecule has 2 aromatic rings. The van der Waals surface area contributed by atoms with Crippen molar-refractivity contribution >= 4 is 17.4 Å². The van der Waals surface area contributed by atoms with E-state index in [0.29, 0.717) is 30.0 Å². The predicted octanol–water partition coefficient (Wildman–Crippen LogP) is 4.24. The monoisotopic (exact) mass is 424 g/mol. The van der Waals surface area contributed by atoms with E-state index in [1.165, 1.54) is 20.3 Å². The second-order valence-corrected chi connectivity index (χ2v) is 7.57. The molecular formula is C20H23F3N4O3. The number of hydrogen-bond donors (Lipinski definition) is 2. The third kappa shape index (κ3) is 3.66. The Hall–Kier alpha value is -2.91. The molecule has 7 nitrogen and oxygen atoms in total. The van der Waals surface area contributed by atoms with Gasteiger partial charge in [-0.25, -0.2) is 4.68 Å². The first-order chi connectivity index (χ1) is 14.3. The van der Waals surface area contributed by atoms with Gasteiger partial charge in [-0.3, -0.25) is 4.79 Å². The fourth-order valence-electron chi connectivity index (χ4n) is 4.40. The topological polar surface area (TPSA) is 77.4 Å². The minimum absolute atomic E-state index is 0.0832. The molecule has 162 valence electrons. The standard InChI is InChI=1S/C20H23F3N4O3/c1-29-15-8-7-11(9-16(15)30-2)24-19(28)14-10-17-25-13-6-4-3-5-12(13)18(20(21,22)23)27(17)26-14/h7-10,12-13,18,25H,3-6H2,1-2H3,(H,24,28)/t12-,13+,18+/m1/s1. The van der Waals surface area contributed by atoms with Crippen molar-refractivity contribution in [1.82, 2.24) is 9.78 Å². The summed E-state index contributed by atoms with van der Waals surface area (Å²) in [7, 11) is 2.96. The van der Waals surface area contributed by atoms with Crippen LogP contribution in [0.25, 0.3) is 0 Å². The van der Waals surface area contributed by atoms with Crippen LogP contribution in [0.1, 0.15) is 42.2 Å². The molecule has 0 radical (unpaired) electrons. The molecule has 3 atom stereocenters. The summed E-state index contributed by atoms with van der Waals surface area (Å²) in [6.07, 6.45) is -1.64. The summed E-state index contributed by atoms with van der Waals surface area (Å²) in [5.41, 5.74) is 0.331. The lowest BCUT2D eigenvalue weighted by Gasteiger charge is -2.43. The number of benzene rings is 1. The molecule has 4 rings (SSSR count). The number of fused-ring (bicyclic) bond motifs is 2. The Bertz CT molecular complexity index is 944. The first-order valence-electron chi connectivity index (χ1n) is 9.78. The molecule has 0 saturated heterocycles. The lowest BCUT2D eigenvalue weighted by Crippen LogP contribution is -2.48. The highest BCUT2D eigenvalue weighted by atomic mass is 19.4. The minimum atomic E-state index is -4.44. The number of carbonyl (C=O) groups excluding carboxylic acids is 1. The van der Waals surface area contributed by atoms with Crippen molar-refractivity contribution in [2.24, 2.45) is 5.92 Å². The number of halogens is 3. The van der Waals surface area contributed by atoms with Crippen LogP contribution in [0, 0.1) is 5.92 Å². The Balaban J connectivity index is 1.61. The Morgan fingerprint density at radius 2 is 1.90 bits per heavy atom. The van der Waals surface area contributed by atoms with Crippen LogP contribution in [0.2, 0.25) is 0 Å². The van der Waals surface area contributed by atoms with Gasteiger partial charge in [-0.2, -0.15) is 18.3 Å². The maximum absolute atomic E-state index is 13.9. The van der Waals surface area contributed by atoms with Crippen LogP contribution in [0.15, 0.2) is 24.3 Å². The van der Waals surface area contributed by atoms with Crippen molar-refractivity contribution in [3.63, 3.8) is 0 Å². The van der Waals surface area contributed by atoms with Gasteiger partial charge in [0.25, 0.3) is 5.91 Å². The summed E-state index contributed by atoms with van der Waals surface area (Å²) < 4.78 is 53.0. The lowest BCUT2D eigenvalue weighted by atomic mass is 9.78. The zero-order valence-corrected chi connectivity index (χ0v) is 16.6. The molecule has 10 heteroatoms. The van der Waals surface area contributed by atoms with Crippen molar-refractivity contribution < 1.29 is 27.4 Å². The van der Waals surface area contributed by atoms with Crippen molar-refractivity contribution in [2.75, 3.05) is 24.9 Å². The Kier molecular flexibility index (Phi) is 5.25. The van der Waals surface area contributed by atoms with Crippen LogP contribution in [-0.2, 0) is 0 Å². The molecular weight excluding hydrogens is 401 g/mol. The molecule has 1 aromatic heterocycles. The number of carbonyl (C=O) groups is 1. The van der Waals surface area contributed by atoms with E-state index in [-0.39, 0.29) is 17.6 Å². The van der Waals surface area contributed by atoms with Gasteiger partial charge in [-0.15, -0.1) is 0 Å². The predicted molar refractivity (Wildman–Crippen MR) is 104 cm³/mol. The molecule has 1 amide bonds. The Morgan fingerprint density at radius 1 is 1.17 bits per heavy atom. The zero-order chi connectivity index (χ0) is 21.5. The number of alkyl halides is 3. The number of amides is 1. The number of nitrogens with one attached hydrogen (secondary N) is 2. The molecule has 1 aliphatic carbocycles. The van der Waals surface area contributed by atoms with E-state index >= 15 is 0 Å². The molecule has 0 bridgehead atoms. The van der Waals surface area contributed by atoms with Crippen LogP contribution < -0.4 is 20.1 Å². The first kappa shape index (κ1) is 20.4. The van der Waals surface area contributed by atoms with Gasteiger partial charge in [0.2, 0.25) is 0 Å². The fraction of sp³-hybridized carbons (Fsp3) is 0.500. The van der Waals surface area contributed by atoms with Crippen LogP contribution in [-0.4, -0.2) is 42.1 Å². The van der Waals surface area contributed by atoms with Gasteiger partial charge in [0.15, 0.2) is 23.2 Å². The van der Waals surface area contributed by atoms with Gasteiger partial charge in [0.05, 0.1) is 14.2 Å². The van der Waals surface area contributed by atoms with E-state index in [2.05, 4.69) is 15.7 Å².